The van der Waals surface area contributed by atoms with Crippen LogP contribution >= 0.6 is 11.6 Å². The minimum absolute atomic E-state index is 0.0645. The third-order valence-corrected chi connectivity index (χ3v) is 5.28. The van der Waals surface area contributed by atoms with E-state index in [9.17, 15) is 12.8 Å². The number of rotatable bonds is 5. The van der Waals surface area contributed by atoms with Crippen molar-refractivity contribution in [2.24, 2.45) is 0 Å². The SMILES string of the molecule is O=S(=O)(NCCc1nnc2n1CCC2)c1ccc(F)c(Cl)c1. The maximum absolute atomic E-state index is 13.1. The zero-order valence-electron chi connectivity index (χ0n) is 11.6. The Kier molecular flexibility index (Phi) is 4.16. The third-order valence-electron chi connectivity index (χ3n) is 3.53. The van der Waals surface area contributed by atoms with E-state index < -0.39 is 15.8 Å². The van der Waals surface area contributed by atoms with Crippen LogP contribution in [0.4, 0.5) is 4.39 Å². The lowest BCUT2D eigenvalue weighted by atomic mass is 10.3. The molecule has 1 aromatic heterocycles. The van der Waals surface area contributed by atoms with E-state index in [4.69, 9.17) is 11.6 Å². The first kappa shape index (κ1) is 15.4. The van der Waals surface area contributed by atoms with E-state index in [2.05, 4.69) is 14.9 Å². The predicted octanol–water partition coefficient (Wildman–Crippen LogP) is 1.54. The maximum Gasteiger partial charge on any atom is 0.240 e. The molecule has 0 saturated carbocycles. The van der Waals surface area contributed by atoms with Crippen LogP contribution in [0.3, 0.4) is 0 Å². The lowest BCUT2D eigenvalue weighted by molar-refractivity contribution is 0.578. The van der Waals surface area contributed by atoms with Crippen molar-refractivity contribution < 1.29 is 12.8 Å². The first-order valence-corrected chi connectivity index (χ1v) is 8.69. The van der Waals surface area contributed by atoms with Crippen molar-refractivity contribution in [1.29, 1.82) is 0 Å². The molecule has 0 saturated heterocycles. The van der Waals surface area contributed by atoms with E-state index >= 15 is 0 Å². The van der Waals surface area contributed by atoms with Gasteiger partial charge in [-0.25, -0.2) is 17.5 Å². The highest BCUT2D eigenvalue weighted by atomic mass is 35.5. The minimum Gasteiger partial charge on any atom is -0.315 e. The van der Waals surface area contributed by atoms with E-state index in [0.717, 1.165) is 43.2 Å². The summed E-state index contributed by atoms with van der Waals surface area (Å²) >= 11 is 5.61. The van der Waals surface area contributed by atoms with Gasteiger partial charge in [0.15, 0.2) is 0 Å². The van der Waals surface area contributed by atoms with Crippen molar-refractivity contribution in [3.8, 4) is 0 Å². The van der Waals surface area contributed by atoms with Crippen LogP contribution in [0.25, 0.3) is 0 Å². The molecular formula is C13H14ClFN4O2S. The molecule has 0 amide bonds. The lowest BCUT2D eigenvalue weighted by Crippen LogP contribution is -2.26. The molecule has 1 aromatic carbocycles. The normalized spacial score (nSPS) is 14.3. The van der Waals surface area contributed by atoms with Gasteiger partial charge in [0.2, 0.25) is 10.0 Å². The van der Waals surface area contributed by atoms with Crippen LogP contribution in [0.15, 0.2) is 23.1 Å². The Hall–Kier alpha value is -1.51. The lowest BCUT2D eigenvalue weighted by Gasteiger charge is -2.07. The molecule has 1 aliphatic heterocycles. The second kappa shape index (κ2) is 5.94. The molecule has 0 bridgehead atoms. The highest BCUT2D eigenvalue weighted by Crippen LogP contribution is 2.19. The van der Waals surface area contributed by atoms with Gasteiger partial charge in [0, 0.05) is 25.9 Å². The zero-order chi connectivity index (χ0) is 15.7. The summed E-state index contributed by atoms with van der Waals surface area (Å²) in [5, 5.41) is 7.91. The van der Waals surface area contributed by atoms with Crippen LogP contribution < -0.4 is 4.72 Å². The van der Waals surface area contributed by atoms with Crippen molar-refractivity contribution in [2.45, 2.75) is 30.7 Å². The van der Waals surface area contributed by atoms with Crippen molar-refractivity contribution in [3.05, 3.63) is 40.7 Å². The van der Waals surface area contributed by atoms with Gasteiger partial charge in [-0.05, 0) is 24.6 Å². The van der Waals surface area contributed by atoms with E-state index in [1.165, 1.54) is 6.07 Å². The van der Waals surface area contributed by atoms with Gasteiger partial charge in [-0.1, -0.05) is 11.6 Å². The molecule has 118 valence electrons. The molecule has 0 atom stereocenters. The fourth-order valence-corrected chi connectivity index (χ4v) is 3.72. The summed E-state index contributed by atoms with van der Waals surface area (Å²) in [6, 6.07) is 3.30. The summed E-state index contributed by atoms with van der Waals surface area (Å²) in [5.74, 6) is 1.06. The van der Waals surface area contributed by atoms with E-state index in [1.807, 2.05) is 4.57 Å². The number of hydrogen-bond donors (Lipinski definition) is 1. The molecule has 1 N–H and O–H groups in total. The molecule has 0 radical (unpaired) electrons. The van der Waals surface area contributed by atoms with Crippen LogP contribution in [0.1, 0.15) is 18.1 Å². The molecule has 3 rings (SSSR count). The van der Waals surface area contributed by atoms with Gasteiger partial charge in [0.1, 0.15) is 17.5 Å². The molecule has 2 aromatic rings. The number of nitrogens with zero attached hydrogens (tertiary/aromatic N) is 3. The number of halogens is 2. The number of benzene rings is 1. The van der Waals surface area contributed by atoms with Crippen molar-refractivity contribution >= 4 is 21.6 Å². The number of fused-ring (bicyclic) bond motifs is 1. The van der Waals surface area contributed by atoms with Crippen LogP contribution in [0, 0.1) is 5.82 Å². The van der Waals surface area contributed by atoms with Crippen LogP contribution in [0.5, 0.6) is 0 Å². The molecule has 0 fully saturated rings. The van der Waals surface area contributed by atoms with Crippen LogP contribution in [-0.4, -0.2) is 29.7 Å². The molecule has 0 unspecified atom stereocenters. The Labute approximate surface area is 132 Å². The number of aromatic nitrogens is 3. The first-order chi connectivity index (χ1) is 10.5. The van der Waals surface area contributed by atoms with E-state index in [1.54, 1.807) is 0 Å². The molecule has 0 spiro atoms. The summed E-state index contributed by atoms with van der Waals surface area (Å²) in [6.45, 7) is 1.06. The zero-order valence-corrected chi connectivity index (χ0v) is 13.2. The van der Waals surface area contributed by atoms with E-state index in [0.29, 0.717) is 6.42 Å². The quantitative estimate of drug-likeness (QED) is 0.892. The Morgan fingerprint density at radius 1 is 1.36 bits per heavy atom. The highest BCUT2D eigenvalue weighted by Gasteiger charge is 2.19. The largest absolute Gasteiger partial charge is 0.315 e. The van der Waals surface area contributed by atoms with Gasteiger partial charge >= 0.3 is 0 Å². The van der Waals surface area contributed by atoms with Crippen LogP contribution in [0.2, 0.25) is 5.02 Å². The van der Waals surface area contributed by atoms with Gasteiger partial charge in [-0.2, -0.15) is 0 Å². The third kappa shape index (κ3) is 2.99. The van der Waals surface area contributed by atoms with Crippen molar-refractivity contribution in [2.75, 3.05) is 6.54 Å². The summed E-state index contributed by atoms with van der Waals surface area (Å²) in [7, 11) is -3.73. The molecule has 9 heteroatoms. The van der Waals surface area contributed by atoms with E-state index in [-0.39, 0.29) is 16.5 Å². The first-order valence-electron chi connectivity index (χ1n) is 6.83. The number of sulfonamides is 1. The van der Waals surface area contributed by atoms with Gasteiger partial charge < -0.3 is 4.57 Å². The molecule has 22 heavy (non-hydrogen) atoms. The Balaban J connectivity index is 1.66. The standard InChI is InChI=1S/C13H14ClFN4O2S/c14-10-8-9(3-4-11(10)15)22(20,21)16-6-5-13-18-17-12-2-1-7-19(12)13/h3-4,8,16H,1-2,5-7H2. The minimum atomic E-state index is -3.73. The van der Waals surface area contributed by atoms with Crippen LogP contribution in [-0.2, 0) is 29.4 Å². The van der Waals surface area contributed by atoms with Gasteiger partial charge in [-0.3, -0.25) is 0 Å². The van der Waals surface area contributed by atoms with Gasteiger partial charge in [-0.15, -0.1) is 10.2 Å². The fourth-order valence-electron chi connectivity index (χ4n) is 2.42. The van der Waals surface area contributed by atoms with Gasteiger partial charge in [0.05, 0.1) is 9.92 Å². The number of hydrogen-bond acceptors (Lipinski definition) is 4. The topological polar surface area (TPSA) is 76.9 Å². The molecule has 6 nitrogen and oxygen atoms in total. The highest BCUT2D eigenvalue weighted by molar-refractivity contribution is 7.89. The monoisotopic (exact) mass is 344 g/mol. The summed E-state index contributed by atoms with van der Waals surface area (Å²) < 4.78 is 41.8. The fraction of sp³-hybridized carbons (Fsp3) is 0.385. The molecule has 0 aliphatic carbocycles. The Morgan fingerprint density at radius 3 is 2.95 bits per heavy atom. The predicted molar refractivity (Wildman–Crippen MR) is 78.6 cm³/mol. The van der Waals surface area contributed by atoms with Crippen molar-refractivity contribution in [1.82, 2.24) is 19.5 Å². The van der Waals surface area contributed by atoms with Crippen molar-refractivity contribution in [3.63, 3.8) is 0 Å². The average Bonchev–Trinajstić information content (AvgIpc) is 3.06. The Morgan fingerprint density at radius 2 is 2.18 bits per heavy atom. The molecule has 2 heterocycles. The molecular weight excluding hydrogens is 331 g/mol. The summed E-state index contributed by atoms with van der Waals surface area (Å²) in [5.41, 5.74) is 0. The summed E-state index contributed by atoms with van der Waals surface area (Å²) in [4.78, 5) is -0.0645. The molecule has 1 aliphatic rings. The average molecular weight is 345 g/mol. The number of nitrogens with one attached hydrogen (secondary N) is 1. The second-order valence-corrected chi connectivity index (χ2v) is 7.19. The second-order valence-electron chi connectivity index (χ2n) is 5.01. The van der Waals surface area contributed by atoms with Gasteiger partial charge in [0.25, 0.3) is 0 Å². The smallest absolute Gasteiger partial charge is 0.240 e. The Bertz CT molecular complexity index is 806. The number of aryl methyl sites for hydroxylation is 1. The maximum atomic E-state index is 13.1. The summed E-state index contributed by atoms with van der Waals surface area (Å²) in [6.07, 6.45) is 2.39.